The number of phosphoric acid groups is 1. The number of hydrogen-bond donors (Lipinski definition) is 3. The zero-order valence-electron chi connectivity index (χ0n) is 12.1. The van der Waals surface area contributed by atoms with Crippen LogP contribution in [0.2, 0.25) is 0 Å². The first-order chi connectivity index (χ1) is 10.9. The molecule has 2 rings (SSSR count). The first kappa shape index (κ1) is 18.0. The highest BCUT2D eigenvalue weighted by molar-refractivity contribution is 7.61. The number of hydrogen-bond acceptors (Lipinski definition) is 5. The Labute approximate surface area is 134 Å². The van der Waals surface area contributed by atoms with E-state index in [0.717, 1.165) is 0 Å². The molecule has 7 nitrogen and oxygen atoms in total. The highest BCUT2D eigenvalue weighted by Crippen LogP contribution is 2.61. The van der Waals surface area contributed by atoms with Crippen LogP contribution in [-0.4, -0.2) is 9.79 Å². The molecule has 0 aliphatic heterocycles. The predicted molar refractivity (Wildman–Crippen MR) is 85.2 cm³/mol. The average molecular weight is 357 g/mol. The molecule has 2 aromatic carbocycles. The molecule has 23 heavy (non-hydrogen) atoms. The van der Waals surface area contributed by atoms with Crippen LogP contribution in [0.3, 0.4) is 0 Å². The fraction of sp³-hybridized carbons (Fsp3) is 0.143. The van der Waals surface area contributed by atoms with E-state index >= 15 is 0 Å². The average Bonchev–Trinajstić information content (AvgIpc) is 2.52. The fourth-order valence-corrected chi connectivity index (χ4v) is 3.79. The molecule has 0 radical (unpaired) electrons. The Kier molecular flexibility index (Phi) is 6.27. The van der Waals surface area contributed by atoms with Crippen molar-refractivity contribution in [3.8, 4) is 0 Å². The lowest BCUT2D eigenvalue weighted by Crippen LogP contribution is -1.98. The van der Waals surface area contributed by atoms with Crippen molar-refractivity contribution in [2.75, 3.05) is 0 Å². The van der Waals surface area contributed by atoms with Crippen molar-refractivity contribution in [3.63, 3.8) is 0 Å². The van der Waals surface area contributed by atoms with Gasteiger partial charge in [0.2, 0.25) is 0 Å². The summed E-state index contributed by atoms with van der Waals surface area (Å²) < 4.78 is 25.9. The molecule has 0 saturated carbocycles. The Morgan fingerprint density at radius 2 is 1.26 bits per heavy atom. The maximum atomic E-state index is 11.8. The molecule has 0 amide bonds. The predicted octanol–water partition coefficient (Wildman–Crippen LogP) is 4.05. The molecule has 0 aromatic heterocycles. The van der Waals surface area contributed by atoms with Crippen molar-refractivity contribution in [1.29, 1.82) is 5.16 Å². The van der Waals surface area contributed by atoms with Crippen LogP contribution in [-0.2, 0) is 31.1 Å². The van der Waals surface area contributed by atoms with E-state index in [0.29, 0.717) is 11.1 Å². The minimum absolute atomic E-state index is 0.118. The Morgan fingerprint density at radius 1 is 0.826 bits per heavy atom. The Morgan fingerprint density at radius 3 is 1.74 bits per heavy atom. The first-order valence-corrected chi connectivity index (χ1v) is 9.72. The third-order valence-corrected chi connectivity index (χ3v) is 5.35. The second-order valence-corrected chi connectivity index (χ2v) is 7.74. The van der Waals surface area contributed by atoms with Crippen LogP contribution in [0.5, 0.6) is 0 Å². The van der Waals surface area contributed by atoms with E-state index < -0.39 is 15.6 Å². The van der Waals surface area contributed by atoms with E-state index in [1.54, 1.807) is 60.7 Å². The molecular formula is C14H17NO6P2. The van der Waals surface area contributed by atoms with Gasteiger partial charge in [0.05, 0.1) is 13.2 Å². The summed E-state index contributed by atoms with van der Waals surface area (Å²) in [6.07, 6.45) is 0. The van der Waals surface area contributed by atoms with Crippen molar-refractivity contribution < 1.29 is 27.7 Å². The van der Waals surface area contributed by atoms with Crippen molar-refractivity contribution in [2.24, 2.45) is 0 Å². The van der Waals surface area contributed by atoms with Crippen LogP contribution < -0.4 is 0 Å². The second-order valence-electron chi connectivity index (χ2n) is 4.59. The molecule has 124 valence electrons. The lowest BCUT2D eigenvalue weighted by atomic mass is 10.2. The van der Waals surface area contributed by atoms with E-state index in [1.807, 2.05) is 0 Å². The van der Waals surface area contributed by atoms with Gasteiger partial charge in [-0.05, 0) is 11.1 Å². The maximum absolute atomic E-state index is 11.8. The molecule has 0 fully saturated rings. The molecule has 0 aliphatic rings. The first-order valence-electron chi connectivity index (χ1n) is 6.64. The Hall–Kier alpha value is -1.30. The van der Waals surface area contributed by atoms with E-state index in [1.165, 1.54) is 0 Å². The summed E-state index contributed by atoms with van der Waals surface area (Å²) in [4.78, 5) is 19.3. The van der Waals surface area contributed by atoms with Gasteiger partial charge in [-0.2, -0.15) is 0 Å². The summed E-state index contributed by atoms with van der Waals surface area (Å²) in [5.74, 6) is 0. The SMILES string of the molecule is N=P(O)(OCc1ccccc1)OP(=O)(O)OCc1ccccc1. The molecule has 2 unspecified atom stereocenters. The van der Waals surface area contributed by atoms with E-state index in [2.05, 4.69) is 4.31 Å². The molecule has 2 atom stereocenters. The zero-order chi connectivity index (χ0) is 16.8. The normalized spacial score (nSPS) is 16.4. The standard InChI is InChI=1S/C14H17NO6P2/c15-22(16,19-11-13-7-3-1-4-8-13)21-23(17,18)20-12-14-9-5-2-6-10-14/h1-10H,11-12H2,(H2,15,16)(H,17,18). The summed E-state index contributed by atoms with van der Waals surface area (Å²) in [5.41, 5.74) is 1.35. The van der Waals surface area contributed by atoms with E-state index in [-0.39, 0.29) is 13.2 Å². The lowest BCUT2D eigenvalue weighted by Gasteiger charge is -2.18. The summed E-state index contributed by atoms with van der Waals surface area (Å²) in [6.45, 7) is -0.305. The summed E-state index contributed by atoms with van der Waals surface area (Å²) in [7, 11) is -8.85. The molecule has 0 saturated heterocycles. The molecule has 0 heterocycles. The van der Waals surface area contributed by atoms with Gasteiger partial charge in [0.25, 0.3) is 0 Å². The highest BCUT2D eigenvalue weighted by atomic mass is 31.3. The third kappa shape index (κ3) is 6.77. The molecule has 9 heteroatoms. The Bertz CT molecular complexity index is 648. The minimum Gasteiger partial charge on any atom is -0.318 e. The quantitative estimate of drug-likeness (QED) is 0.615. The van der Waals surface area contributed by atoms with Crippen molar-refractivity contribution in [3.05, 3.63) is 71.8 Å². The van der Waals surface area contributed by atoms with E-state index in [9.17, 15) is 14.4 Å². The van der Waals surface area contributed by atoms with Gasteiger partial charge in [0, 0.05) is 0 Å². The summed E-state index contributed by atoms with van der Waals surface area (Å²) in [5, 5.41) is 7.52. The van der Waals surface area contributed by atoms with Crippen LogP contribution >= 0.6 is 15.6 Å². The van der Waals surface area contributed by atoms with Gasteiger partial charge in [0.1, 0.15) is 0 Å². The number of nitrogens with one attached hydrogen (secondary N) is 1. The van der Waals surface area contributed by atoms with Crippen molar-refractivity contribution >= 4 is 15.6 Å². The van der Waals surface area contributed by atoms with Gasteiger partial charge in [-0.25, -0.2) is 14.0 Å². The van der Waals surface area contributed by atoms with Gasteiger partial charge in [-0.15, -0.1) is 0 Å². The Balaban J connectivity index is 1.87. The number of rotatable bonds is 8. The second kappa shape index (κ2) is 7.99. The molecule has 2 aromatic rings. The molecule has 0 bridgehead atoms. The van der Waals surface area contributed by atoms with Gasteiger partial charge >= 0.3 is 15.6 Å². The van der Waals surface area contributed by atoms with Gasteiger partial charge in [-0.1, -0.05) is 60.7 Å². The van der Waals surface area contributed by atoms with Gasteiger partial charge in [-0.3, -0.25) is 9.05 Å². The number of benzene rings is 2. The fourth-order valence-electron chi connectivity index (χ4n) is 1.65. The topological polar surface area (TPSA) is 109 Å². The number of phosphoric ester groups is 1. The summed E-state index contributed by atoms with van der Waals surface area (Å²) in [6, 6.07) is 17.5. The van der Waals surface area contributed by atoms with Gasteiger partial charge in [0.15, 0.2) is 0 Å². The third-order valence-electron chi connectivity index (χ3n) is 2.70. The maximum Gasteiger partial charge on any atom is 0.480 e. The smallest absolute Gasteiger partial charge is 0.318 e. The highest BCUT2D eigenvalue weighted by Gasteiger charge is 2.31. The zero-order valence-corrected chi connectivity index (χ0v) is 13.9. The summed E-state index contributed by atoms with van der Waals surface area (Å²) >= 11 is 0. The lowest BCUT2D eigenvalue weighted by molar-refractivity contribution is 0.165. The molecule has 3 N–H and O–H groups in total. The van der Waals surface area contributed by atoms with Crippen LogP contribution in [0.15, 0.2) is 60.7 Å². The van der Waals surface area contributed by atoms with Crippen molar-refractivity contribution in [2.45, 2.75) is 13.2 Å². The molecular weight excluding hydrogens is 340 g/mol. The van der Waals surface area contributed by atoms with Gasteiger partial charge < -0.3 is 9.79 Å². The van der Waals surface area contributed by atoms with Crippen LogP contribution in [0.1, 0.15) is 11.1 Å². The minimum atomic E-state index is -4.61. The monoisotopic (exact) mass is 357 g/mol. The van der Waals surface area contributed by atoms with Crippen LogP contribution in [0.4, 0.5) is 0 Å². The molecule has 0 aliphatic carbocycles. The van der Waals surface area contributed by atoms with Crippen LogP contribution in [0.25, 0.3) is 0 Å². The van der Waals surface area contributed by atoms with E-state index in [4.69, 9.17) is 14.2 Å². The van der Waals surface area contributed by atoms with Crippen LogP contribution in [0, 0.1) is 5.16 Å². The molecule has 0 spiro atoms. The van der Waals surface area contributed by atoms with Crippen molar-refractivity contribution in [1.82, 2.24) is 0 Å². The largest absolute Gasteiger partial charge is 0.480 e.